The van der Waals surface area contributed by atoms with Crippen molar-refractivity contribution in [2.75, 3.05) is 64.3 Å². The number of piperidine rings is 1. The summed E-state index contributed by atoms with van der Waals surface area (Å²) in [5.41, 5.74) is 1.42. The van der Waals surface area contributed by atoms with Gasteiger partial charge in [-0.25, -0.2) is 4.79 Å². The van der Waals surface area contributed by atoms with Crippen LogP contribution in [0.5, 0.6) is 0 Å². The number of amides is 2. The van der Waals surface area contributed by atoms with Gasteiger partial charge in [0.1, 0.15) is 5.60 Å². The van der Waals surface area contributed by atoms with Gasteiger partial charge in [0.15, 0.2) is 0 Å². The van der Waals surface area contributed by atoms with E-state index in [2.05, 4.69) is 28.9 Å². The van der Waals surface area contributed by atoms with E-state index in [1.807, 2.05) is 37.8 Å². The zero-order valence-corrected chi connectivity index (χ0v) is 20.5. The largest absolute Gasteiger partial charge is 0.444 e. The van der Waals surface area contributed by atoms with Gasteiger partial charge in [0, 0.05) is 64.1 Å². The molecule has 0 bridgehead atoms. The molecule has 1 atom stereocenters. The van der Waals surface area contributed by atoms with Crippen molar-refractivity contribution in [1.82, 2.24) is 14.7 Å². The van der Waals surface area contributed by atoms with Gasteiger partial charge in [-0.15, -0.1) is 0 Å². The summed E-state index contributed by atoms with van der Waals surface area (Å²) in [7, 11) is 1.77. The highest BCUT2D eigenvalue weighted by molar-refractivity contribution is 5.94. The topological polar surface area (TPSA) is 56.3 Å². The number of benzene rings is 1. The predicted octanol–water partition coefficient (Wildman–Crippen LogP) is 3.55. The number of anilines is 1. The van der Waals surface area contributed by atoms with Crippen LogP contribution in [0.1, 0.15) is 50.9 Å². The quantitative estimate of drug-likeness (QED) is 0.695. The summed E-state index contributed by atoms with van der Waals surface area (Å²) in [6.07, 6.45) is 1.66. The molecule has 2 aliphatic heterocycles. The fourth-order valence-electron chi connectivity index (χ4n) is 4.52. The Morgan fingerprint density at radius 1 is 1.06 bits per heavy atom. The maximum Gasteiger partial charge on any atom is 0.410 e. The van der Waals surface area contributed by atoms with Crippen LogP contribution in [0, 0.1) is 5.92 Å². The van der Waals surface area contributed by atoms with Crippen LogP contribution in [0.25, 0.3) is 0 Å². The molecule has 1 aromatic carbocycles. The molecule has 7 heteroatoms. The average molecular weight is 445 g/mol. The van der Waals surface area contributed by atoms with Crippen LogP contribution in [0.4, 0.5) is 10.5 Å². The predicted molar refractivity (Wildman–Crippen MR) is 128 cm³/mol. The van der Waals surface area contributed by atoms with Gasteiger partial charge in [0.2, 0.25) is 0 Å². The highest BCUT2D eigenvalue weighted by Crippen LogP contribution is 2.22. The van der Waals surface area contributed by atoms with E-state index < -0.39 is 5.60 Å². The van der Waals surface area contributed by atoms with E-state index in [9.17, 15) is 9.59 Å². The highest BCUT2D eigenvalue weighted by atomic mass is 16.6. The molecule has 0 radical (unpaired) electrons. The van der Waals surface area contributed by atoms with E-state index in [4.69, 9.17) is 4.74 Å². The summed E-state index contributed by atoms with van der Waals surface area (Å²) in [6, 6.07) is 8.07. The van der Waals surface area contributed by atoms with Gasteiger partial charge in [0.25, 0.3) is 5.91 Å². The first-order chi connectivity index (χ1) is 15.2. The maximum atomic E-state index is 13.1. The average Bonchev–Trinajstić information content (AvgIpc) is 2.78. The lowest BCUT2D eigenvalue weighted by Crippen LogP contribution is -2.46. The Hall–Kier alpha value is -2.28. The molecule has 0 spiro atoms. The van der Waals surface area contributed by atoms with Gasteiger partial charge in [-0.05, 0) is 70.3 Å². The monoisotopic (exact) mass is 444 g/mol. The molecule has 2 fully saturated rings. The van der Waals surface area contributed by atoms with Crippen LogP contribution in [-0.2, 0) is 4.74 Å². The van der Waals surface area contributed by atoms with E-state index in [1.165, 1.54) is 5.69 Å². The molecule has 2 aliphatic rings. The standard InChI is InChI=1S/C25H40N4O3/c1-6-27-14-16-28(17-15-27)22-11-9-21(10-12-22)23(30)29-13-7-8-20(19-29)18-26(5)24(31)32-25(2,3)4/h9-12,20H,6-8,13-19H2,1-5H3. The minimum absolute atomic E-state index is 0.0805. The number of piperazine rings is 1. The molecule has 3 rings (SSSR count). The molecular weight excluding hydrogens is 404 g/mol. The van der Waals surface area contributed by atoms with Crippen LogP contribution in [0.2, 0.25) is 0 Å². The molecule has 0 aromatic heterocycles. The Balaban J connectivity index is 1.54. The lowest BCUT2D eigenvalue weighted by molar-refractivity contribution is 0.0244. The Morgan fingerprint density at radius 2 is 1.72 bits per heavy atom. The number of likely N-dealkylation sites (tertiary alicyclic amines) is 1. The number of likely N-dealkylation sites (N-methyl/N-ethyl adjacent to an activating group) is 1. The van der Waals surface area contributed by atoms with Crippen molar-refractivity contribution in [3.05, 3.63) is 29.8 Å². The van der Waals surface area contributed by atoms with E-state index in [-0.39, 0.29) is 17.9 Å². The summed E-state index contributed by atoms with van der Waals surface area (Å²) in [4.78, 5) is 33.8. The molecule has 0 N–H and O–H groups in total. The molecule has 0 saturated carbocycles. The van der Waals surface area contributed by atoms with Crippen molar-refractivity contribution in [3.63, 3.8) is 0 Å². The minimum atomic E-state index is -0.504. The third-order valence-electron chi connectivity index (χ3n) is 6.34. The molecule has 7 nitrogen and oxygen atoms in total. The zero-order chi connectivity index (χ0) is 23.3. The second-order valence-corrected chi connectivity index (χ2v) is 10.1. The first-order valence-electron chi connectivity index (χ1n) is 12.0. The number of carbonyl (C=O) groups excluding carboxylic acids is 2. The highest BCUT2D eigenvalue weighted by Gasteiger charge is 2.28. The lowest BCUT2D eigenvalue weighted by atomic mass is 9.97. The summed E-state index contributed by atoms with van der Waals surface area (Å²) < 4.78 is 5.46. The van der Waals surface area contributed by atoms with Gasteiger partial charge in [-0.3, -0.25) is 4.79 Å². The summed E-state index contributed by atoms with van der Waals surface area (Å²) in [5.74, 6) is 0.344. The molecule has 2 saturated heterocycles. The smallest absolute Gasteiger partial charge is 0.410 e. The van der Waals surface area contributed by atoms with E-state index in [0.717, 1.165) is 57.7 Å². The van der Waals surface area contributed by atoms with Crippen LogP contribution in [0.15, 0.2) is 24.3 Å². The Kier molecular flexibility index (Phi) is 8.04. The molecule has 1 aromatic rings. The number of nitrogens with zero attached hydrogens (tertiary/aromatic N) is 4. The van der Waals surface area contributed by atoms with E-state index in [0.29, 0.717) is 13.1 Å². The third kappa shape index (κ3) is 6.61. The number of hydrogen-bond acceptors (Lipinski definition) is 5. The van der Waals surface area contributed by atoms with Crippen molar-refractivity contribution in [2.24, 2.45) is 5.92 Å². The summed E-state index contributed by atoms with van der Waals surface area (Å²) in [6.45, 7) is 15.2. The molecule has 32 heavy (non-hydrogen) atoms. The molecule has 1 unspecified atom stereocenters. The van der Waals surface area contributed by atoms with Gasteiger partial charge < -0.3 is 24.3 Å². The Bertz CT molecular complexity index is 766. The number of hydrogen-bond donors (Lipinski definition) is 0. The van der Waals surface area contributed by atoms with Gasteiger partial charge in [-0.1, -0.05) is 6.92 Å². The molecular formula is C25H40N4O3. The molecule has 2 amide bonds. The van der Waals surface area contributed by atoms with Crippen LogP contribution in [0.3, 0.4) is 0 Å². The summed E-state index contributed by atoms with van der Waals surface area (Å²) >= 11 is 0. The Morgan fingerprint density at radius 3 is 2.31 bits per heavy atom. The number of rotatable bonds is 5. The van der Waals surface area contributed by atoms with Crippen molar-refractivity contribution >= 4 is 17.7 Å². The first kappa shape index (κ1) is 24.4. The zero-order valence-electron chi connectivity index (χ0n) is 20.5. The fourth-order valence-corrected chi connectivity index (χ4v) is 4.52. The molecule has 178 valence electrons. The van der Waals surface area contributed by atoms with Crippen molar-refractivity contribution in [1.29, 1.82) is 0 Å². The third-order valence-corrected chi connectivity index (χ3v) is 6.34. The fraction of sp³-hybridized carbons (Fsp3) is 0.680. The van der Waals surface area contributed by atoms with Crippen molar-refractivity contribution < 1.29 is 14.3 Å². The van der Waals surface area contributed by atoms with Gasteiger partial charge in [-0.2, -0.15) is 0 Å². The van der Waals surface area contributed by atoms with Gasteiger partial charge in [0.05, 0.1) is 0 Å². The van der Waals surface area contributed by atoms with E-state index >= 15 is 0 Å². The lowest BCUT2D eigenvalue weighted by Gasteiger charge is -2.36. The molecule has 0 aliphatic carbocycles. The normalized spacial score (nSPS) is 20.2. The van der Waals surface area contributed by atoms with Crippen molar-refractivity contribution in [3.8, 4) is 0 Å². The van der Waals surface area contributed by atoms with E-state index in [1.54, 1.807) is 11.9 Å². The molecule has 2 heterocycles. The SMILES string of the molecule is CCN1CCN(c2ccc(C(=O)N3CCCC(CN(C)C(=O)OC(C)(C)C)C3)cc2)CC1. The minimum Gasteiger partial charge on any atom is -0.444 e. The first-order valence-corrected chi connectivity index (χ1v) is 12.0. The second-order valence-electron chi connectivity index (χ2n) is 10.1. The number of carbonyl (C=O) groups is 2. The summed E-state index contributed by atoms with van der Waals surface area (Å²) in [5, 5.41) is 0. The van der Waals surface area contributed by atoms with Gasteiger partial charge >= 0.3 is 6.09 Å². The Labute approximate surface area is 193 Å². The van der Waals surface area contributed by atoms with Crippen LogP contribution < -0.4 is 4.90 Å². The van der Waals surface area contributed by atoms with Crippen LogP contribution in [-0.4, -0.2) is 91.7 Å². The number of ether oxygens (including phenoxy) is 1. The second kappa shape index (κ2) is 10.6. The maximum absolute atomic E-state index is 13.1. The van der Waals surface area contributed by atoms with Crippen molar-refractivity contribution in [2.45, 2.75) is 46.1 Å². The van der Waals surface area contributed by atoms with Crippen LogP contribution >= 0.6 is 0 Å².